The summed E-state index contributed by atoms with van der Waals surface area (Å²) in [5, 5.41) is 10.3. The quantitative estimate of drug-likeness (QED) is 0.259. The van der Waals surface area contributed by atoms with E-state index in [1.54, 1.807) is 25.5 Å². The lowest BCUT2D eigenvalue weighted by molar-refractivity contribution is 0.176. The molecule has 1 fully saturated rings. The average Bonchev–Trinajstić information content (AvgIpc) is 3.25. The Morgan fingerprint density at radius 2 is 2.03 bits per heavy atom. The lowest BCUT2D eigenvalue weighted by atomic mass is 9.97. The molecule has 0 bridgehead atoms. The largest absolute Gasteiger partial charge is 0.493 e. The van der Waals surface area contributed by atoms with Gasteiger partial charge in [0.25, 0.3) is 0 Å². The summed E-state index contributed by atoms with van der Waals surface area (Å²) in [5.74, 6) is 2.87. The molecule has 0 spiro atoms. The molecule has 178 valence electrons. The van der Waals surface area contributed by atoms with E-state index < -0.39 is 0 Å². The number of halogens is 1. The number of piperidine rings is 1. The standard InChI is InChI=1S/C23H35N5O2S.HI/c1-5-22-26-19(16-31-22)15-28-11-9-17(10-12-28)14-25-23(24-3)27-18-7-8-20(29-4)21(13-18)30-6-2;/h7-8,13,16-17H,5-6,9-12,14-15H2,1-4H3,(H2,24,25,27);1H. The van der Waals surface area contributed by atoms with Crippen LogP contribution in [0.15, 0.2) is 28.6 Å². The van der Waals surface area contributed by atoms with Gasteiger partial charge in [0.15, 0.2) is 17.5 Å². The van der Waals surface area contributed by atoms with E-state index >= 15 is 0 Å². The van der Waals surface area contributed by atoms with Gasteiger partial charge in [-0.1, -0.05) is 6.92 Å². The molecule has 3 rings (SSSR count). The molecule has 1 aromatic heterocycles. The van der Waals surface area contributed by atoms with Gasteiger partial charge in [-0.25, -0.2) is 4.98 Å². The van der Waals surface area contributed by atoms with Crippen molar-refractivity contribution in [3.05, 3.63) is 34.3 Å². The van der Waals surface area contributed by atoms with Gasteiger partial charge in [0.2, 0.25) is 0 Å². The van der Waals surface area contributed by atoms with Gasteiger partial charge in [0.05, 0.1) is 24.4 Å². The molecule has 2 aromatic rings. The zero-order valence-corrected chi connectivity index (χ0v) is 22.7. The van der Waals surface area contributed by atoms with E-state index in [0.717, 1.165) is 55.7 Å². The highest BCUT2D eigenvalue weighted by molar-refractivity contribution is 14.0. The van der Waals surface area contributed by atoms with E-state index in [9.17, 15) is 0 Å². The van der Waals surface area contributed by atoms with Crippen LogP contribution >= 0.6 is 35.3 Å². The van der Waals surface area contributed by atoms with Crippen molar-refractivity contribution in [1.29, 1.82) is 0 Å². The second-order valence-electron chi connectivity index (χ2n) is 7.68. The molecule has 0 saturated carbocycles. The van der Waals surface area contributed by atoms with Crippen LogP contribution < -0.4 is 20.1 Å². The summed E-state index contributed by atoms with van der Waals surface area (Å²) in [5.41, 5.74) is 2.14. The Labute approximate surface area is 213 Å². The fourth-order valence-corrected chi connectivity index (χ4v) is 4.48. The number of likely N-dealkylation sites (tertiary alicyclic amines) is 1. The van der Waals surface area contributed by atoms with E-state index in [0.29, 0.717) is 12.5 Å². The van der Waals surface area contributed by atoms with Crippen molar-refractivity contribution in [3.63, 3.8) is 0 Å². The summed E-state index contributed by atoms with van der Waals surface area (Å²) in [4.78, 5) is 11.6. The third-order valence-electron chi connectivity index (χ3n) is 5.50. The molecule has 9 heteroatoms. The number of benzene rings is 1. The molecular formula is C23H36IN5O2S. The Bertz CT molecular complexity index is 853. The van der Waals surface area contributed by atoms with Crippen LogP contribution in [-0.4, -0.2) is 56.2 Å². The number of aryl methyl sites for hydroxylation is 1. The Balaban J connectivity index is 0.00000363. The summed E-state index contributed by atoms with van der Waals surface area (Å²) in [6, 6.07) is 5.81. The van der Waals surface area contributed by atoms with Crippen molar-refractivity contribution in [2.75, 3.05) is 45.7 Å². The van der Waals surface area contributed by atoms with Gasteiger partial charge in [0, 0.05) is 37.3 Å². The highest BCUT2D eigenvalue weighted by Gasteiger charge is 2.20. The number of aliphatic imine (C=N–C) groups is 1. The lowest BCUT2D eigenvalue weighted by Crippen LogP contribution is -2.40. The minimum absolute atomic E-state index is 0. The number of rotatable bonds is 9. The van der Waals surface area contributed by atoms with Crippen molar-refractivity contribution in [2.24, 2.45) is 10.9 Å². The van der Waals surface area contributed by atoms with Gasteiger partial charge in [0.1, 0.15) is 0 Å². The first kappa shape index (κ1) is 26.7. The molecule has 0 unspecified atom stereocenters. The van der Waals surface area contributed by atoms with Crippen LogP contribution in [0.1, 0.15) is 37.4 Å². The number of anilines is 1. The molecule has 7 nitrogen and oxygen atoms in total. The highest BCUT2D eigenvalue weighted by Crippen LogP contribution is 2.30. The van der Waals surface area contributed by atoms with Crippen LogP contribution in [0.4, 0.5) is 5.69 Å². The number of nitrogens with zero attached hydrogens (tertiary/aromatic N) is 3. The number of nitrogens with one attached hydrogen (secondary N) is 2. The minimum atomic E-state index is 0. The van der Waals surface area contributed by atoms with Gasteiger partial charge in [-0.3, -0.25) is 9.89 Å². The van der Waals surface area contributed by atoms with E-state index in [-0.39, 0.29) is 24.0 Å². The third kappa shape index (κ3) is 7.77. The number of ether oxygens (including phenoxy) is 2. The Morgan fingerprint density at radius 1 is 1.25 bits per heavy atom. The Hall–Kier alpha value is -1.59. The van der Waals surface area contributed by atoms with Crippen molar-refractivity contribution in [2.45, 2.75) is 39.7 Å². The molecule has 2 heterocycles. The van der Waals surface area contributed by atoms with Crippen molar-refractivity contribution in [3.8, 4) is 11.5 Å². The summed E-state index contributed by atoms with van der Waals surface area (Å²) in [6.45, 7) is 8.84. The number of hydrogen-bond donors (Lipinski definition) is 2. The SMILES string of the molecule is CCOc1cc(NC(=NC)NCC2CCN(Cc3csc(CC)n3)CC2)ccc1OC.I. The van der Waals surface area contributed by atoms with Crippen LogP contribution in [0, 0.1) is 5.92 Å². The molecular weight excluding hydrogens is 537 g/mol. The van der Waals surface area contributed by atoms with Gasteiger partial charge in [-0.05, 0) is 57.3 Å². The molecule has 0 radical (unpaired) electrons. The molecule has 1 aliphatic rings. The zero-order chi connectivity index (χ0) is 22.1. The summed E-state index contributed by atoms with van der Waals surface area (Å²) in [6.07, 6.45) is 3.40. The maximum Gasteiger partial charge on any atom is 0.195 e. The maximum absolute atomic E-state index is 5.67. The maximum atomic E-state index is 5.67. The number of methoxy groups -OCH3 is 1. The third-order valence-corrected chi connectivity index (χ3v) is 6.54. The summed E-state index contributed by atoms with van der Waals surface area (Å²) >= 11 is 1.78. The topological polar surface area (TPSA) is 71.0 Å². The van der Waals surface area contributed by atoms with Crippen molar-refractivity contribution >= 4 is 47.0 Å². The van der Waals surface area contributed by atoms with E-state index in [2.05, 4.69) is 32.8 Å². The fourth-order valence-electron chi connectivity index (χ4n) is 3.74. The van der Waals surface area contributed by atoms with Gasteiger partial charge in [-0.2, -0.15) is 0 Å². The van der Waals surface area contributed by atoms with Gasteiger partial charge >= 0.3 is 0 Å². The fraction of sp³-hybridized carbons (Fsp3) is 0.565. The minimum Gasteiger partial charge on any atom is -0.493 e. The predicted molar refractivity (Wildman–Crippen MR) is 144 cm³/mol. The smallest absolute Gasteiger partial charge is 0.195 e. The molecule has 1 saturated heterocycles. The Morgan fingerprint density at radius 3 is 2.66 bits per heavy atom. The average molecular weight is 574 g/mol. The molecule has 32 heavy (non-hydrogen) atoms. The predicted octanol–water partition coefficient (Wildman–Crippen LogP) is 4.63. The van der Waals surface area contributed by atoms with E-state index in [1.807, 2.05) is 25.1 Å². The first-order chi connectivity index (χ1) is 15.1. The first-order valence-corrected chi connectivity index (χ1v) is 12.0. The van der Waals surface area contributed by atoms with Gasteiger partial charge < -0.3 is 20.1 Å². The zero-order valence-electron chi connectivity index (χ0n) is 19.5. The van der Waals surface area contributed by atoms with Crippen LogP contribution in [0.25, 0.3) is 0 Å². The second-order valence-corrected chi connectivity index (χ2v) is 8.63. The van der Waals surface area contributed by atoms with E-state index in [4.69, 9.17) is 14.5 Å². The van der Waals surface area contributed by atoms with Crippen LogP contribution in [-0.2, 0) is 13.0 Å². The first-order valence-electron chi connectivity index (χ1n) is 11.1. The van der Waals surface area contributed by atoms with Crippen LogP contribution in [0.3, 0.4) is 0 Å². The number of thiazole rings is 1. The number of hydrogen-bond acceptors (Lipinski definition) is 6. The molecule has 1 aliphatic heterocycles. The molecule has 0 atom stereocenters. The molecule has 0 aliphatic carbocycles. The second kappa shape index (κ2) is 13.8. The number of guanidine groups is 1. The monoisotopic (exact) mass is 573 g/mol. The Kier molecular flexibility index (Phi) is 11.5. The molecule has 0 amide bonds. The lowest BCUT2D eigenvalue weighted by Gasteiger charge is -2.31. The van der Waals surface area contributed by atoms with E-state index in [1.165, 1.54) is 23.5 Å². The summed E-state index contributed by atoms with van der Waals surface area (Å²) < 4.78 is 11.0. The summed E-state index contributed by atoms with van der Waals surface area (Å²) in [7, 11) is 3.44. The van der Waals surface area contributed by atoms with Gasteiger partial charge in [-0.15, -0.1) is 35.3 Å². The normalized spacial score (nSPS) is 15.2. The van der Waals surface area contributed by atoms with Crippen LogP contribution in [0.2, 0.25) is 0 Å². The highest BCUT2D eigenvalue weighted by atomic mass is 127. The molecule has 1 aromatic carbocycles. The molecule has 2 N–H and O–H groups in total. The van der Waals surface area contributed by atoms with Crippen molar-refractivity contribution in [1.82, 2.24) is 15.2 Å². The van der Waals surface area contributed by atoms with Crippen molar-refractivity contribution < 1.29 is 9.47 Å². The van der Waals surface area contributed by atoms with Crippen LogP contribution in [0.5, 0.6) is 11.5 Å². The number of aromatic nitrogens is 1.